The molecule has 0 aliphatic carbocycles. The number of piperazine rings is 3. The van der Waals surface area contributed by atoms with Crippen molar-refractivity contribution in [2.45, 2.75) is 32.0 Å². The third kappa shape index (κ3) is 2.06. The quantitative estimate of drug-likeness (QED) is 0.833. The van der Waals surface area contributed by atoms with Gasteiger partial charge in [-0.25, -0.2) is 0 Å². The number of nitrogens with two attached hydrogens (primary N) is 1. The second-order valence-corrected chi connectivity index (χ2v) is 5.41. The highest BCUT2D eigenvalue weighted by atomic mass is 15.4. The van der Waals surface area contributed by atoms with Gasteiger partial charge in [-0.2, -0.15) is 5.10 Å². The topological polar surface area (TPSA) is 50.3 Å². The number of hydrogen-bond donors (Lipinski definition) is 1. The Morgan fingerprint density at radius 2 is 2.17 bits per heavy atom. The number of hydrogen-bond acceptors (Lipinski definition) is 4. The summed E-state index contributed by atoms with van der Waals surface area (Å²) in [6.45, 7) is 9.00. The van der Waals surface area contributed by atoms with E-state index in [1.807, 2.05) is 6.20 Å². The summed E-state index contributed by atoms with van der Waals surface area (Å²) in [4.78, 5) is 5.08. The molecular weight excluding hydrogens is 226 g/mol. The molecule has 2 N–H and O–H groups in total. The number of rotatable bonds is 4. The average Bonchev–Trinajstić information content (AvgIpc) is 2.88. The number of aromatic nitrogens is 2. The van der Waals surface area contributed by atoms with Gasteiger partial charge in [0.2, 0.25) is 0 Å². The molecule has 3 aliphatic rings. The molecule has 3 fully saturated rings. The van der Waals surface area contributed by atoms with Crippen LogP contribution in [0.5, 0.6) is 0 Å². The van der Waals surface area contributed by atoms with Crippen molar-refractivity contribution in [3.05, 3.63) is 18.0 Å². The van der Waals surface area contributed by atoms with E-state index < -0.39 is 0 Å². The van der Waals surface area contributed by atoms with Crippen molar-refractivity contribution in [2.75, 3.05) is 32.7 Å². The molecule has 2 unspecified atom stereocenters. The summed E-state index contributed by atoms with van der Waals surface area (Å²) in [7, 11) is 0. The maximum atomic E-state index is 6.50. The predicted octanol–water partition coefficient (Wildman–Crippen LogP) is 0.293. The standard InChI is InChI=1S/C13H23N5/c1-2-5-18-11(3-4-15-18)13(14)12-10-16-6-8-17(12)9-7-16/h3-4,12-13H,2,5-10,14H2,1H3. The van der Waals surface area contributed by atoms with Crippen LogP contribution in [0.15, 0.2) is 12.3 Å². The molecule has 1 aromatic rings. The molecule has 2 atom stereocenters. The summed E-state index contributed by atoms with van der Waals surface area (Å²) in [6, 6.07) is 2.63. The summed E-state index contributed by atoms with van der Waals surface area (Å²) in [5.74, 6) is 0. The Morgan fingerprint density at radius 3 is 2.78 bits per heavy atom. The first-order valence-electron chi connectivity index (χ1n) is 7.03. The minimum Gasteiger partial charge on any atom is -0.321 e. The van der Waals surface area contributed by atoms with Gasteiger partial charge in [-0.15, -0.1) is 0 Å². The zero-order valence-corrected chi connectivity index (χ0v) is 11.1. The minimum atomic E-state index is 0.0853. The van der Waals surface area contributed by atoms with Gasteiger partial charge in [-0.1, -0.05) is 6.92 Å². The fourth-order valence-electron chi connectivity index (χ4n) is 3.22. The van der Waals surface area contributed by atoms with E-state index in [-0.39, 0.29) is 6.04 Å². The van der Waals surface area contributed by atoms with Gasteiger partial charge >= 0.3 is 0 Å². The lowest BCUT2D eigenvalue weighted by atomic mass is 9.98. The predicted molar refractivity (Wildman–Crippen MR) is 71.2 cm³/mol. The van der Waals surface area contributed by atoms with Gasteiger partial charge in [0.05, 0.1) is 11.7 Å². The van der Waals surface area contributed by atoms with Crippen LogP contribution < -0.4 is 5.73 Å². The van der Waals surface area contributed by atoms with Gasteiger partial charge in [-0.05, 0) is 12.5 Å². The Labute approximate surface area is 109 Å². The molecule has 100 valence electrons. The van der Waals surface area contributed by atoms with Crippen molar-refractivity contribution in [1.29, 1.82) is 0 Å². The average molecular weight is 249 g/mol. The molecule has 4 heterocycles. The van der Waals surface area contributed by atoms with Crippen LogP contribution in [0.2, 0.25) is 0 Å². The Hall–Kier alpha value is -0.910. The highest BCUT2D eigenvalue weighted by Gasteiger charge is 2.36. The smallest absolute Gasteiger partial charge is 0.0637 e. The summed E-state index contributed by atoms with van der Waals surface area (Å²) in [5, 5.41) is 4.39. The molecule has 0 radical (unpaired) electrons. The Bertz CT molecular complexity index is 394. The summed E-state index contributed by atoms with van der Waals surface area (Å²) >= 11 is 0. The van der Waals surface area contributed by atoms with Crippen LogP contribution in [0, 0.1) is 0 Å². The molecule has 5 heteroatoms. The Kier molecular flexibility index (Phi) is 3.37. The number of fused-ring (bicyclic) bond motifs is 3. The van der Waals surface area contributed by atoms with Gasteiger partial charge in [0.25, 0.3) is 0 Å². The van der Waals surface area contributed by atoms with Crippen molar-refractivity contribution in [3.8, 4) is 0 Å². The molecule has 3 aliphatic heterocycles. The van der Waals surface area contributed by atoms with Crippen molar-refractivity contribution in [1.82, 2.24) is 19.6 Å². The molecule has 0 aromatic carbocycles. The van der Waals surface area contributed by atoms with Gasteiger partial charge in [0.1, 0.15) is 0 Å². The third-order valence-electron chi connectivity index (χ3n) is 4.26. The zero-order chi connectivity index (χ0) is 12.5. The highest BCUT2D eigenvalue weighted by molar-refractivity contribution is 5.11. The van der Waals surface area contributed by atoms with E-state index in [0.29, 0.717) is 6.04 Å². The lowest BCUT2D eigenvalue weighted by molar-refractivity contribution is 0.001000. The molecule has 0 spiro atoms. The summed E-state index contributed by atoms with van der Waals surface area (Å²) in [6.07, 6.45) is 2.98. The van der Waals surface area contributed by atoms with Crippen LogP contribution in [-0.2, 0) is 6.54 Å². The van der Waals surface area contributed by atoms with Gasteiger partial charge < -0.3 is 5.73 Å². The molecule has 3 saturated heterocycles. The van der Waals surface area contributed by atoms with Crippen molar-refractivity contribution >= 4 is 0 Å². The van der Waals surface area contributed by atoms with E-state index in [0.717, 1.165) is 19.5 Å². The third-order valence-corrected chi connectivity index (χ3v) is 4.26. The van der Waals surface area contributed by atoms with E-state index in [9.17, 15) is 0 Å². The molecular formula is C13H23N5. The largest absolute Gasteiger partial charge is 0.321 e. The van der Waals surface area contributed by atoms with Crippen molar-refractivity contribution < 1.29 is 0 Å². The van der Waals surface area contributed by atoms with Crippen LogP contribution in [-0.4, -0.2) is 58.3 Å². The first kappa shape index (κ1) is 12.1. The normalized spacial score (nSPS) is 32.7. The van der Waals surface area contributed by atoms with Crippen LogP contribution in [0.4, 0.5) is 0 Å². The Morgan fingerprint density at radius 1 is 1.39 bits per heavy atom. The molecule has 4 rings (SSSR count). The van der Waals surface area contributed by atoms with Crippen molar-refractivity contribution in [3.63, 3.8) is 0 Å². The molecule has 0 saturated carbocycles. The molecule has 18 heavy (non-hydrogen) atoms. The fraction of sp³-hybridized carbons (Fsp3) is 0.769. The fourth-order valence-corrected chi connectivity index (χ4v) is 3.22. The van der Waals surface area contributed by atoms with Gasteiger partial charge in [0.15, 0.2) is 0 Å². The first-order valence-corrected chi connectivity index (χ1v) is 7.03. The summed E-state index contributed by atoms with van der Waals surface area (Å²) < 4.78 is 2.07. The van der Waals surface area contributed by atoms with Gasteiger partial charge in [-0.3, -0.25) is 14.5 Å². The van der Waals surface area contributed by atoms with Crippen LogP contribution in [0.25, 0.3) is 0 Å². The Balaban J connectivity index is 1.77. The molecule has 2 bridgehead atoms. The molecule has 1 aromatic heterocycles. The highest BCUT2D eigenvalue weighted by Crippen LogP contribution is 2.25. The van der Waals surface area contributed by atoms with Gasteiger partial charge in [0, 0.05) is 51.5 Å². The monoisotopic (exact) mass is 249 g/mol. The number of aryl methyl sites for hydroxylation is 1. The SMILES string of the molecule is CCCn1nccc1C(N)C1CN2CCN1CC2. The summed E-state index contributed by atoms with van der Waals surface area (Å²) in [5.41, 5.74) is 7.69. The lowest BCUT2D eigenvalue weighted by Gasteiger charge is -2.49. The van der Waals surface area contributed by atoms with E-state index in [4.69, 9.17) is 5.73 Å². The second kappa shape index (κ2) is 4.99. The maximum absolute atomic E-state index is 6.50. The maximum Gasteiger partial charge on any atom is 0.0637 e. The number of nitrogens with zero attached hydrogens (tertiary/aromatic N) is 4. The zero-order valence-electron chi connectivity index (χ0n) is 11.1. The molecule has 0 amide bonds. The van der Waals surface area contributed by atoms with Crippen LogP contribution in [0.3, 0.4) is 0 Å². The lowest BCUT2D eigenvalue weighted by Crippen LogP contribution is -2.63. The minimum absolute atomic E-state index is 0.0853. The molecule has 5 nitrogen and oxygen atoms in total. The second-order valence-electron chi connectivity index (χ2n) is 5.41. The van der Waals surface area contributed by atoms with E-state index in [2.05, 4.69) is 32.6 Å². The van der Waals surface area contributed by atoms with Crippen LogP contribution in [0.1, 0.15) is 25.1 Å². The van der Waals surface area contributed by atoms with E-state index in [1.165, 1.54) is 31.9 Å². The van der Waals surface area contributed by atoms with E-state index in [1.54, 1.807) is 0 Å². The van der Waals surface area contributed by atoms with Crippen LogP contribution >= 0.6 is 0 Å². The van der Waals surface area contributed by atoms with E-state index >= 15 is 0 Å². The van der Waals surface area contributed by atoms with Crippen molar-refractivity contribution in [2.24, 2.45) is 5.73 Å². The first-order chi connectivity index (χ1) is 8.79.